The molecule has 8 heteroatoms. The molecule has 2 rings (SSSR count). The van der Waals surface area contributed by atoms with Crippen molar-refractivity contribution in [2.45, 2.75) is 38.8 Å². The summed E-state index contributed by atoms with van der Waals surface area (Å²) >= 11 is 0. The van der Waals surface area contributed by atoms with Crippen molar-refractivity contribution in [3.63, 3.8) is 0 Å². The molecule has 2 aromatic rings. The predicted octanol–water partition coefficient (Wildman–Crippen LogP) is 5.92. The van der Waals surface area contributed by atoms with E-state index in [1.807, 2.05) is 47.1 Å². The van der Waals surface area contributed by atoms with Crippen molar-refractivity contribution in [1.29, 1.82) is 0 Å². The minimum absolute atomic E-state index is 0.148. The van der Waals surface area contributed by atoms with Gasteiger partial charge in [-0.25, -0.2) is 9.59 Å². The summed E-state index contributed by atoms with van der Waals surface area (Å²) in [5.74, 6) is -1.43. The van der Waals surface area contributed by atoms with Gasteiger partial charge in [-0.05, 0) is 30.7 Å². The smallest absolute Gasteiger partial charge is 0.289 e. The van der Waals surface area contributed by atoms with Gasteiger partial charge in [-0.3, -0.25) is 9.78 Å². The molecule has 0 aromatic heterocycles. The van der Waals surface area contributed by atoms with E-state index < -0.39 is 28.1 Å². The van der Waals surface area contributed by atoms with E-state index in [-0.39, 0.29) is 12.7 Å². The van der Waals surface area contributed by atoms with E-state index in [0.29, 0.717) is 24.0 Å². The topological polar surface area (TPSA) is 71.1 Å². The molecular formula is C30H36O6Si2. The summed E-state index contributed by atoms with van der Waals surface area (Å²) in [7, 11) is -3.99. The Balaban J connectivity index is 2.00. The van der Waals surface area contributed by atoms with Crippen LogP contribution in [0.3, 0.4) is 0 Å². The fourth-order valence-corrected chi connectivity index (χ4v) is 6.42. The zero-order valence-electron chi connectivity index (χ0n) is 22.2. The zero-order valence-corrected chi connectivity index (χ0v) is 24.2. The van der Waals surface area contributed by atoms with Crippen LogP contribution < -0.4 is 10.4 Å². The quantitative estimate of drug-likeness (QED) is 0.112. The molecule has 38 heavy (non-hydrogen) atoms. The van der Waals surface area contributed by atoms with Crippen molar-refractivity contribution in [3.8, 4) is 0 Å². The maximum Gasteiger partial charge on any atom is 0.373 e. The summed E-state index contributed by atoms with van der Waals surface area (Å²) in [5.41, 5.74) is 8.24. The molecule has 0 saturated heterocycles. The van der Waals surface area contributed by atoms with Gasteiger partial charge in [0.2, 0.25) is 0 Å². The third-order valence-corrected chi connectivity index (χ3v) is 13.0. The van der Waals surface area contributed by atoms with E-state index in [0.717, 1.165) is 16.8 Å². The molecule has 0 amide bonds. The first kappa shape index (κ1) is 30.9. The Morgan fingerprint density at radius 2 is 1.03 bits per heavy atom. The maximum absolute atomic E-state index is 12.5. The van der Waals surface area contributed by atoms with Crippen LogP contribution >= 0.6 is 0 Å². The van der Waals surface area contributed by atoms with Crippen LogP contribution in [0.4, 0.5) is 0 Å². The lowest BCUT2D eigenvalue weighted by Gasteiger charge is -2.19. The standard InChI is InChI=1S/C30H36O6Si2/c1-8-13-14-15-28(33-35-29(31)24-16-20-26(21-17-24)37(6,9-2)10-3)34-36-30(32)25-18-22-27(23-19-25)38(7,11-4)12-5/h9-12,16-23H,1-5,8,13-15H2,6-7H3. The number of carbonyl (C=O) groups is 2. The van der Waals surface area contributed by atoms with Crippen LogP contribution in [0.5, 0.6) is 0 Å². The minimum atomic E-state index is -1.99. The van der Waals surface area contributed by atoms with Gasteiger partial charge in [0.25, 0.3) is 0 Å². The molecule has 0 unspecified atom stereocenters. The maximum atomic E-state index is 12.5. The molecule has 0 aliphatic carbocycles. The molecule has 0 heterocycles. The minimum Gasteiger partial charge on any atom is -0.289 e. The fourth-order valence-electron chi connectivity index (χ4n) is 3.38. The van der Waals surface area contributed by atoms with Crippen molar-refractivity contribution >= 4 is 38.5 Å². The average molecular weight is 549 g/mol. The summed E-state index contributed by atoms with van der Waals surface area (Å²) in [6, 6.07) is 14.0. The third kappa shape index (κ3) is 8.10. The third-order valence-electron chi connectivity index (χ3n) is 6.48. The lowest BCUT2D eigenvalue weighted by Crippen LogP contribution is -2.40. The van der Waals surface area contributed by atoms with Crippen molar-refractivity contribution in [2.24, 2.45) is 0 Å². The SMILES string of the molecule is [CH2]CCCC[C](OOC(=O)c1ccc([Si](C)(C=C)C=C)cc1)OOC(=O)c1ccc([Si](C)(C=C)C=C)cc1. The van der Waals surface area contributed by atoms with E-state index >= 15 is 0 Å². The second kappa shape index (κ2) is 14.6. The van der Waals surface area contributed by atoms with Crippen LogP contribution in [0.1, 0.15) is 46.4 Å². The summed E-state index contributed by atoms with van der Waals surface area (Å²) in [5, 5.41) is 2.12. The molecular weight excluding hydrogens is 512 g/mol. The van der Waals surface area contributed by atoms with Crippen LogP contribution in [-0.4, -0.2) is 28.1 Å². The highest BCUT2D eigenvalue weighted by Crippen LogP contribution is 2.19. The van der Waals surface area contributed by atoms with Gasteiger partial charge in [0.05, 0.1) is 11.1 Å². The summed E-state index contributed by atoms with van der Waals surface area (Å²) in [6.45, 7) is 23.6. The summed E-state index contributed by atoms with van der Waals surface area (Å²) in [4.78, 5) is 45.2. The second-order valence-corrected chi connectivity index (χ2v) is 17.0. The molecule has 0 spiro atoms. The molecule has 0 aliphatic rings. The summed E-state index contributed by atoms with van der Waals surface area (Å²) < 4.78 is 0. The van der Waals surface area contributed by atoms with Gasteiger partial charge in [0.1, 0.15) is 16.1 Å². The first-order chi connectivity index (χ1) is 18.2. The number of unbranched alkanes of at least 4 members (excludes halogenated alkanes) is 2. The molecule has 200 valence electrons. The molecule has 2 aromatic carbocycles. The van der Waals surface area contributed by atoms with Gasteiger partial charge < -0.3 is 0 Å². The van der Waals surface area contributed by atoms with E-state index in [2.05, 4.69) is 46.3 Å². The van der Waals surface area contributed by atoms with Gasteiger partial charge in [-0.2, -0.15) is 0 Å². The highest BCUT2D eigenvalue weighted by Gasteiger charge is 2.25. The molecule has 0 N–H and O–H groups in total. The Kier molecular flexibility index (Phi) is 11.9. The number of carbonyl (C=O) groups excluding carboxylic acids is 2. The average Bonchev–Trinajstić information content (AvgIpc) is 2.97. The van der Waals surface area contributed by atoms with E-state index in [1.54, 1.807) is 24.3 Å². The van der Waals surface area contributed by atoms with Gasteiger partial charge >= 0.3 is 18.2 Å². The molecule has 0 aliphatic heterocycles. The van der Waals surface area contributed by atoms with Crippen molar-refractivity contribution in [3.05, 3.63) is 122 Å². The van der Waals surface area contributed by atoms with Crippen LogP contribution in [0.2, 0.25) is 13.1 Å². The Labute approximate surface area is 228 Å². The molecule has 0 bridgehead atoms. The van der Waals surface area contributed by atoms with Gasteiger partial charge in [-0.1, -0.05) is 90.3 Å². The lowest BCUT2D eigenvalue weighted by atomic mass is 10.2. The zero-order chi connectivity index (χ0) is 28.2. The van der Waals surface area contributed by atoms with Crippen molar-refractivity contribution < 1.29 is 29.1 Å². The normalized spacial score (nSPS) is 11.5. The van der Waals surface area contributed by atoms with E-state index in [9.17, 15) is 9.59 Å². The number of benzene rings is 2. The van der Waals surface area contributed by atoms with Crippen LogP contribution in [0, 0.1) is 13.2 Å². The van der Waals surface area contributed by atoms with Crippen LogP contribution in [0.25, 0.3) is 0 Å². The Morgan fingerprint density at radius 1 is 0.658 bits per heavy atom. The molecule has 0 saturated carbocycles. The van der Waals surface area contributed by atoms with Gasteiger partial charge in [0.15, 0.2) is 0 Å². The first-order valence-electron chi connectivity index (χ1n) is 12.3. The number of rotatable bonds is 16. The van der Waals surface area contributed by atoms with E-state index in [1.165, 1.54) is 0 Å². The highest BCUT2D eigenvalue weighted by atomic mass is 28.3. The van der Waals surface area contributed by atoms with Crippen molar-refractivity contribution in [2.75, 3.05) is 0 Å². The van der Waals surface area contributed by atoms with Gasteiger partial charge in [-0.15, -0.1) is 36.1 Å². The van der Waals surface area contributed by atoms with Crippen LogP contribution in [0.15, 0.2) is 97.6 Å². The molecule has 0 fully saturated rings. The predicted molar refractivity (Wildman–Crippen MR) is 156 cm³/mol. The highest BCUT2D eigenvalue weighted by molar-refractivity contribution is 6.99. The lowest BCUT2D eigenvalue weighted by molar-refractivity contribution is -0.363. The molecule has 2 radical (unpaired) electrons. The molecule has 6 nitrogen and oxygen atoms in total. The van der Waals surface area contributed by atoms with Gasteiger partial charge in [0, 0.05) is 6.42 Å². The number of hydrogen-bond acceptors (Lipinski definition) is 6. The molecule has 0 atom stereocenters. The van der Waals surface area contributed by atoms with Crippen molar-refractivity contribution in [1.82, 2.24) is 0 Å². The number of hydrogen-bond donors (Lipinski definition) is 0. The summed E-state index contributed by atoms with van der Waals surface area (Å²) in [6.07, 6.45) is 2.23. The first-order valence-corrected chi connectivity index (χ1v) is 17.7. The van der Waals surface area contributed by atoms with Crippen LogP contribution in [-0.2, 0) is 19.6 Å². The monoisotopic (exact) mass is 548 g/mol. The Morgan fingerprint density at radius 3 is 1.34 bits per heavy atom. The fraction of sp³-hybridized carbons (Fsp3) is 0.200. The second-order valence-electron chi connectivity index (χ2n) is 9.13. The largest absolute Gasteiger partial charge is 0.373 e. The van der Waals surface area contributed by atoms with E-state index in [4.69, 9.17) is 19.6 Å². The Bertz CT molecular complexity index is 1020. The Hall–Kier alpha value is -3.31.